The molecule has 0 bridgehead atoms. The van der Waals surface area contributed by atoms with Crippen LogP contribution < -0.4 is 9.80 Å². The van der Waals surface area contributed by atoms with Gasteiger partial charge in [0.1, 0.15) is 34.8 Å². The number of fused-ring (bicyclic) bond motifs is 2. The highest BCUT2D eigenvalue weighted by Crippen LogP contribution is 2.42. The first-order chi connectivity index (χ1) is 33.7. The van der Waals surface area contributed by atoms with Gasteiger partial charge in [0, 0.05) is 79.0 Å². The third kappa shape index (κ3) is 9.87. The Labute approximate surface area is 427 Å². The smallest absolute Gasteiger partial charge is 0.190 e. The van der Waals surface area contributed by atoms with Crippen molar-refractivity contribution in [2.24, 2.45) is 29.6 Å². The minimum absolute atomic E-state index is 0.153. The van der Waals surface area contributed by atoms with E-state index < -0.39 is 12.1 Å². The molecule has 2 aromatic carbocycles. The quantitative estimate of drug-likeness (QED) is 0.107. The monoisotopic (exact) mass is 1020 g/mol. The lowest BCUT2D eigenvalue weighted by molar-refractivity contribution is 0.0408. The topological polar surface area (TPSA) is 188 Å². The van der Waals surface area contributed by atoms with Crippen LogP contribution in [-0.2, 0) is 0 Å². The molecule has 0 radical (unpaired) electrons. The van der Waals surface area contributed by atoms with Crippen molar-refractivity contribution in [3.63, 3.8) is 0 Å². The number of aliphatic hydroxyl groups is 2. The van der Waals surface area contributed by atoms with E-state index >= 15 is 0 Å². The number of hydrogen-bond acceptors (Lipinski definition) is 14. The van der Waals surface area contributed by atoms with Crippen molar-refractivity contribution >= 4 is 80.4 Å². The van der Waals surface area contributed by atoms with E-state index in [0.29, 0.717) is 91.4 Å². The molecule has 4 aliphatic heterocycles. The predicted octanol–water partition coefficient (Wildman–Crippen LogP) is 7.90. The lowest BCUT2D eigenvalue weighted by Gasteiger charge is -2.49. The normalized spacial score (nSPS) is 22.4. The minimum atomic E-state index is -0.515. The summed E-state index contributed by atoms with van der Waals surface area (Å²) in [5, 5.41) is 52.7. The molecule has 366 valence electrons. The maximum atomic E-state index is 10.7. The van der Waals surface area contributed by atoms with Gasteiger partial charge in [-0.3, -0.25) is 0 Å². The molecule has 6 aromatic rings. The van der Waals surface area contributed by atoms with Crippen LogP contribution in [0.1, 0.15) is 81.1 Å². The molecule has 4 fully saturated rings. The van der Waals surface area contributed by atoms with Gasteiger partial charge in [-0.2, -0.15) is 20.7 Å². The van der Waals surface area contributed by atoms with Gasteiger partial charge >= 0.3 is 0 Å². The lowest BCUT2D eigenvalue weighted by atomic mass is 9.75. The zero-order valence-corrected chi connectivity index (χ0v) is 42.4. The number of piperidine rings is 2. The van der Waals surface area contributed by atoms with Crippen molar-refractivity contribution in [2.75, 3.05) is 75.2 Å². The maximum absolute atomic E-state index is 10.7. The molecule has 0 saturated carbocycles. The van der Waals surface area contributed by atoms with E-state index in [-0.39, 0.29) is 29.5 Å². The van der Waals surface area contributed by atoms with Crippen LogP contribution in [0.5, 0.6) is 0 Å². The third-order valence-electron chi connectivity index (χ3n) is 15.0. The molecule has 1 unspecified atom stereocenters. The van der Waals surface area contributed by atoms with Gasteiger partial charge in [0.15, 0.2) is 22.7 Å². The number of hydrogen-bond donors (Lipinski definition) is 2. The summed E-state index contributed by atoms with van der Waals surface area (Å²) in [6.45, 7) is 13.8. The van der Waals surface area contributed by atoms with Crippen LogP contribution in [-0.4, -0.2) is 137 Å². The second kappa shape index (κ2) is 20.3. The number of benzene rings is 2. The van der Waals surface area contributed by atoms with Gasteiger partial charge in [0.05, 0.1) is 36.7 Å². The van der Waals surface area contributed by atoms with Crippen molar-refractivity contribution in [1.29, 1.82) is 10.5 Å². The summed E-state index contributed by atoms with van der Waals surface area (Å²) in [7, 11) is 0. The van der Waals surface area contributed by atoms with Gasteiger partial charge in [-0.25, -0.2) is 29.3 Å². The van der Waals surface area contributed by atoms with Crippen LogP contribution in [0.3, 0.4) is 0 Å². The standard InChI is InChI=1S/C50H56Cl4N14O2/c1-28(69)19-63-10-4-5-32(22-63)34-24-65(25-34)46-18-58-48-43(16-56)62-68(50(48)60-46)44(39-9-7-37(52)14-41(39)54)12-31-11-33(23-64(21-31)20-29(2)70)35-26-66(27-35)45-17-57-47-42(15-55)61-67(49(47)59-45)30(3)38-8-6-36(51)13-40(38)53/h6-9,13-14,17-18,28-35,44,69-70H,4-5,10-12,19-27H2,1-3H3/t28-,29-,30-,31?,32-,33+,44-/m1/s1. The number of anilines is 2. The van der Waals surface area contributed by atoms with Crippen LogP contribution in [0, 0.1) is 52.3 Å². The Kier molecular flexibility index (Phi) is 14.1. The highest BCUT2D eigenvalue weighted by Gasteiger charge is 2.42. The molecule has 20 heteroatoms. The zero-order chi connectivity index (χ0) is 49.0. The molecule has 2 N–H and O–H groups in total. The molecule has 7 atom stereocenters. The van der Waals surface area contributed by atoms with E-state index in [1.807, 2.05) is 43.7 Å². The Bertz CT molecular complexity index is 2970. The Balaban J connectivity index is 0.900. The molecular weight excluding hydrogens is 970 g/mol. The summed E-state index contributed by atoms with van der Waals surface area (Å²) in [5.41, 5.74) is 3.93. The van der Waals surface area contributed by atoms with E-state index in [9.17, 15) is 20.7 Å². The number of likely N-dealkylation sites (tertiary alicyclic amines) is 2. The first kappa shape index (κ1) is 48.7. The summed E-state index contributed by atoms with van der Waals surface area (Å²) >= 11 is 26.4. The van der Waals surface area contributed by atoms with Gasteiger partial charge in [-0.05, 0) is 118 Å². The van der Waals surface area contributed by atoms with E-state index in [4.69, 9.17) is 71.4 Å². The Morgan fingerprint density at radius 3 is 1.76 bits per heavy atom. The van der Waals surface area contributed by atoms with Crippen LogP contribution >= 0.6 is 46.4 Å². The number of aromatic nitrogens is 8. The predicted molar refractivity (Wildman–Crippen MR) is 272 cm³/mol. The Morgan fingerprint density at radius 1 is 0.657 bits per heavy atom. The van der Waals surface area contributed by atoms with Crippen molar-refractivity contribution in [1.82, 2.24) is 49.3 Å². The highest BCUT2D eigenvalue weighted by atomic mass is 35.5. The van der Waals surface area contributed by atoms with Gasteiger partial charge in [-0.15, -0.1) is 0 Å². The summed E-state index contributed by atoms with van der Waals surface area (Å²) in [5.74, 6) is 3.33. The molecule has 0 amide bonds. The average molecular weight is 1030 g/mol. The summed E-state index contributed by atoms with van der Waals surface area (Å²) in [4.78, 5) is 29.0. The van der Waals surface area contributed by atoms with Crippen LogP contribution in [0.4, 0.5) is 11.6 Å². The Hall–Kier alpha value is -4.88. The van der Waals surface area contributed by atoms with Crippen molar-refractivity contribution < 1.29 is 10.2 Å². The minimum Gasteiger partial charge on any atom is -0.392 e. The Morgan fingerprint density at radius 2 is 1.19 bits per heavy atom. The highest BCUT2D eigenvalue weighted by molar-refractivity contribution is 6.35. The lowest BCUT2D eigenvalue weighted by Crippen LogP contribution is -2.55. The molecule has 8 heterocycles. The molecule has 0 aliphatic carbocycles. The van der Waals surface area contributed by atoms with E-state index in [0.717, 1.165) is 82.1 Å². The largest absolute Gasteiger partial charge is 0.392 e. The van der Waals surface area contributed by atoms with Crippen LogP contribution in [0.25, 0.3) is 22.3 Å². The zero-order valence-electron chi connectivity index (χ0n) is 39.4. The maximum Gasteiger partial charge on any atom is 0.190 e. The third-order valence-corrected chi connectivity index (χ3v) is 16.1. The number of nitriles is 2. The van der Waals surface area contributed by atoms with Gasteiger partial charge in [-0.1, -0.05) is 58.5 Å². The second-order valence-electron chi connectivity index (χ2n) is 20.1. The van der Waals surface area contributed by atoms with Crippen molar-refractivity contribution in [2.45, 2.75) is 70.7 Å². The second-order valence-corrected chi connectivity index (χ2v) is 21.8. The van der Waals surface area contributed by atoms with Gasteiger partial charge < -0.3 is 29.8 Å². The number of nitrogens with zero attached hydrogens (tertiary/aromatic N) is 14. The van der Waals surface area contributed by atoms with E-state index in [2.05, 4.69) is 36.8 Å². The number of β-amino-alcohol motifs (C(OH)–C–C–N with tert-alkyl or cyclic N) is 2. The van der Waals surface area contributed by atoms with Crippen LogP contribution in [0.15, 0.2) is 48.8 Å². The number of rotatable bonds is 14. The summed E-state index contributed by atoms with van der Waals surface area (Å²) < 4.78 is 3.57. The average Bonchev–Trinajstić information content (AvgIpc) is 3.85. The van der Waals surface area contributed by atoms with Crippen molar-refractivity contribution in [3.8, 4) is 12.1 Å². The van der Waals surface area contributed by atoms with Gasteiger partial charge in [0.2, 0.25) is 0 Å². The summed E-state index contributed by atoms with van der Waals surface area (Å²) in [6.07, 6.45) is 6.50. The molecule has 4 aromatic heterocycles. The fraction of sp³-hybridized carbons (Fsp3) is 0.520. The van der Waals surface area contributed by atoms with E-state index in [1.165, 1.54) is 6.42 Å². The number of halogens is 4. The SMILES string of the molecule is C[C@H](c1ccc(Cl)cc1Cl)n1nc(C#N)c2ncc(N3CC([C@H]4CC(C[C@H](c5ccc(Cl)cc5Cl)n5nc(C#N)c6ncc(N7CC([C@@H]8CCCN(C[C@@H](C)O)C8)C7)nc65)CN(C[C@@H](C)O)C4)C3)nc21. The van der Waals surface area contributed by atoms with Crippen LogP contribution in [0.2, 0.25) is 20.1 Å². The first-order valence-electron chi connectivity index (χ1n) is 24.2. The van der Waals surface area contributed by atoms with E-state index in [1.54, 1.807) is 35.3 Å². The number of aliphatic hydroxyl groups excluding tert-OH is 2. The van der Waals surface area contributed by atoms with Gasteiger partial charge in [0.25, 0.3) is 0 Å². The fourth-order valence-electron chi connectivity index (χ4n) is 11.6. The van der Waals surface area contributed by atoms with Crippen molar-refractivity contribution in [3.05, 3.63) is 91.4 Å². The molecule has 70 heavy (non-hydrogen) atoms. The first-order valence-corrected chi connectivity index (χ1v) is 25.8. The summed E-state index contributed by atoms with van der Waals surface area (Å²) in [6, 6.07) is 14.6. The molecule has 0 spiro atoms. The molecule has 4 aliphatic rings. The fourth-order valence-corrected chi connectivity index (χ4v) is 12.7. The molecule has 4 saturated heterocycles. The molecule has 16 nitrogen and oxygen atoms in total. The molecule has 10 rings (SSSR count). The molecular formula is C50H56Cl4N14O2.